The molecule has 2 aliphatic heterocycles. The first-order chi connectivity index (χ1) is 12.7. The van der Waals surface area contributed by atoms with E-state index in [1.165, 1.54) is 12.1 Å². The molecule has 142 valence electrons. The first-order valence-electron chi connectivity index (χ1n) is 8.13. The summed E-state index contributed by atoms with van der Waals surface area (Å²) in [6, 6.07) is 3.76. The van der Waals surface area contributed by atoms with Crippen LogP contribution in [0.25, 0.3) is 0 Å². The number of fused-ring (bicyclic) bond motifs is 1. The fourth-order valence-corrected chi connectivity index (χ4v) is 3.09. The number of nitrogens with zero attached hydrogens (tertiary/aromatic N) is 3. The van der Waals surface area contributed by atoms with Gasteiger partial charge in [-0.3, -0.25) is 4.99 Å². The fraction of sp³-hybridized carbons (Fsp3) is 0.353. The van der Waals surface area contributed by atoms with Crippen molar-refractivity contribution >= 4 is 17.5 Å². The number of hydrogen-bond donors (Lipinski definition) is 2. The third-order valence-corrected chi connectivity index (χ3v) is 4.70. The fourth-order valence-electron chi connectivity index (χ4n) is 3.09. The second-order valence-electron chi connectivity index (χ2n) is 6.62. The van der Waals surface area contributed by atoms with Crippen LogP contribution in [0.1, 0.15) is 29.5 Å². The van der Waals surface area contributed by atoms with Crippen molar-refractivity contribution in [3.63, 3.8) is 0 Å². The molecule has 0 aliphatic carbocycles. The smallest absolute Gasteiger partial charge is 0.310 e. The number of halogens is 3. The summed E-state index contributed by atoms with van der Waals surface area (Å²) < 4.78 is 53.5. The lowest BCUT2D eigenvalue weighted by atomic mass is 9.84. The van der Waals surface area contributed by atoms with E-state index in [0.717, 1.165) is 6.92 Å². The second-order valence-corrected chi connectivity index (χ2v) is 6.62. The van der Waals surface area contributed by atoms with Crippen LogP contribution in [0.3, 0.4) is 0 Å². The number of aliphatic imine (C=N–C) groups is 2. The minimum absolute atomic E-state index is 0.169. The van der Waals surface area contributed by atoms with Gasteiger partial charge in [0.1, 0.15) is 17.3 Å². The molecule has 1 aromatic heterocycles. The lowest BCUT2D eigenvalue weighted by molar-refractivity contribution is -0.117. The number of aromatic nitrogens is 1. The van der Waals surface area contributed by atoms with Crippen LogP contribution < -0.4 is 11.1 Å². The number of nitrogens with two attached hydrogens (primary N) is 1. The van der Waals surface area contributed by atoms with Crippen molar-refractivity contribution in [2.45, 2.75) is 31.9 Å². The molecule has 27 heavy (non-hydrogen) atoms. The van der Waals surface area contributed by atoms with Gasteiger partial charge in [-0.2, -0.15) is 8.78 Å². The largest absolute Gasteiger partial charge is 0.459 e. The molecule has 1 aromatic carbocycles. The highest BCUT2D eigenvalue weighted by molar-refractivity contribution is 6.08. The Bertz CT molecular complexity index is 985. The first-order valence-corrected chi connectivity index (χ1v) is 8.13. The molecular weight excluding hydrogens is 363 g/mol. The maximum absolute atomic E-state index is 14.7. The second kappa shape index (κ2) is 5.73. The van der Waals surface area contributed by atoms with Crippen molar-refractivity contribution in [3.8, 4) is 0 Å². The van der Waals surface area contributed by atoms with E-state index >= 15 is 0 Å². The van der Waals surface area contributed by atoms with Gasteiger partial charge >= 0.3 is 5.92 Å². The van der Waals surface area contributed by atoms with Crippen molar-refractivity contribution in [3.05, 3.63) is 46.6 Å². The highest BCUT2D eigenvalue weighted by Gasteiger charge is 2.56. The van der Waals surface area contributed by atoms with E-state index in [2.05, 4.69) is 25.2 Å². The average Bonchev–Trinajstić information content (AvgIpc) is 3.04. The van der Waals surface area contributed by atoms with Crippen molar-refractivity contribution in [1.29, 1.82) is 0 Å². The molecule has 0 saturated carbocycles. The molecule has 1 atom stereocenters. The summed E-state index contributed by atoms with van der Waals surface area (Å²) in [4.78, 5) is 8.02. The topological polar surface area (TPSA) is 98.0 Å². The van der Waals surface area contributed by atoms with Gasteiger partial charge in [0.2, 0.25) is 0 Å². The van der Waals surface area contributed by atoms with Crippen molar-refractivity contribution in [1.82, 2.24) is 5.16 Å². The molecule has 10 heteroatoms. The van der Waals surface area contributed by atoms with Gasteiger partial charge in [-0.15, -0.1) is 0 Å². The van der Waals surface area contributed by atoms with Crippen LogP contribution in [0.15, 0.2) is 32.7 Å². The number of ether oxygens (including phenoxy) is 1. The monoisotopic (exact) mass is 379 g/mol. The van der Waals surface area contributed by atoms with Crippen LogP contribution >= 0.6 is 0 Å². The molecule has 1 unspecified atom stereocenters. The van der Waals surface area contributed by atoms with Crippen molar-refractivity contribution in [2.75, 3.05) is 11.9 Å². The third kappa shape index (κ3) is 2.71. The molecule has 0 bridgehead atoms. The Labute approximate surface area is 152 Å². The Morgan fingerprint density at radius 1 is 1.26 bits per heavy atom. The molecule has 3 heterocycles. The summed E-state index contributed by atoms with van der Waals surface area (Å²) in [6.45, 7) is 2.06. The van der Waals surface area contributed by atoms with Gasteiger partial charge in [0, 0.05) is 22.9 Å². The summed E-state index contributed by atoms with van der Waals surface area (Å²) in [7, 11) is 0. The molecule has 0 spiro atoms. The predicted molar refractivity (Wildman–Crippen MR) is 91.4 cm³/mol. The molecule has 4 rings (SSSR count). The predicted octanol–water partition coefficient (Wildman–Crippen LogP) is 2.69. The standard InChI is InChI=1S/C17H16F3N5O2/c1-8-3-13(25-27-8)14-22-6-9-4-11(18)10(5-12(9)23-14)16(2)17(19,20)7-26-15(21)24-16/h3-5H,6-7H2,1-2H3,(H2,21,24)(H,22,23). The molecule has 2 aliphatic rings. The quantitative estimate of drug-likeness (QED) is 0.836. The van der Waals surface area contributed by atoms with Crippen LogP contribution in [0.2, 0.25) is 0 Å². The zero-order valence-corrected chi connectivity index (χ0v) is 14.5. The summed E-state index contributed by atoms with van der Waals surface area (Å²) in [5.41, 5.74) is 4.42. The molecule has 7 nitrogen and oxygen atoms in total. The van der Waals surface area contributed by atoms with Gasteiger partial charge < -0.3 is 20.3 Å². The average molecular weight is 379 g/mol. The summed E-state index contributed by atoms with van der Waals surface area (Å²) in [6.07, 6.45) is 0. The van der Waals surface area contributed by atoms with Crippen LogP contribution in [-0.4, -0.2) is 29.5 Å². The van der Waals surface area contributed by atoms with Crippen LogP contribution in [-0.2, 0) is 16.8 Å². The SMILES string of the molecule is Cc1cc(C2=NCc3cc(F)c(C4(C)N=C(N)OCC4(F)F)cc3N2)no1. The number of hydrogen-bond acceptors (Lipinski definition) is 7. The minimum Gasteiger partial charge on any atom is -0.459 e. The number of anilines is 1. The Morgan fingerprint density at radius 3 is 2.74 bits per heavy atom. The van der Waals surface area contributed by atoms with Gasteiger partial charge in [-0.05, 0) is 26.0 Å². The van der Waals surface area contributed by atoms with Gasteiger partial charge in [0.05, 0.1) is 6.54 Å². The highest BCUT2D eigenvalue weighted by atomic mass is 19.3. The van der Waals surface area contributed by atoms with Gasteiger partial charge in [-0.1, -0.05) is 5.16 Å². The highest BCUT2D eigenvalue weighted by Crippen LogP contribution is 2.45. The van der Waals surface area contributed by atoms with E-state index in [0.29, 0.717) is 28.5 Å². The molecule has 2 aromatic rings. The number of amidine groups is 2. The zero-order valence-electron chi connectivity index (χ0n) is 14.5. The van der Waals surface area contributed by atoms with E-state index in [4.69, 9.17) is 10.3 Å². The Hall–Kier alpha value is -3.04. The van der Waals surface area contributed by atoms with Gasteiger partial charge in [-0.25, -0.2) is 9.38 Å². The zero-order chi connectivity index (χ0) is 19.4. The van der Waals surface area contributed by atoms with E-state index in [1.54, 1.807) is 13.0 Å². The Balaban J connectivity index is 1.77. The lowest BCUT2D eigenvalue weighted by Crippen LogP contribution is -2.51. The summed E-state index contributed by atoms with van der Waals surface area (Å²) >= 11 is 0. The number of rotatable bonds is 2. The summed E-state index contributed by atoms with van der Waals surface area (Å²) in [5.74, 6) is -3.25. The van der Waals surface area contributed by atoms with E-state index < -0.39 is 29.9 Å². The van der Waals surface area contributed by atoms with Crippen molar-refractivity contribution < 1.29 is 22.4 Å². The minimum atomic E-state index is -3.44. The number of benzene rings is 1. The van der Waals surface area contributed by atoms with Crippen LogP contribution in [0, 0.1) is 12.7 Å². The van der Waals surface area contributed by atoms with Crippen LogP contribution in [0.5, 0.6) is 0 Å². The maximum Gasteiger partial charge on any atom is 0.310 e. The van der Waals surface area contributed by atoms with E-state index in [1.807, 2.05) is 0 Å². The Morgan fingerprint density at radius 2 is 2.04 bits per heavy atom. The maximum atomic E-state index is 14.7. The molecule has 0 saturated heterocycles. The molecular formula is C17H16F3N5O2. The number of nitrogens with one attached hydrogen (secondary N) is 1. The Kier molecular flexibility index (Phi) is 3.69. The van der Waals surface area contributed by atoms with E-state index in [-0.39, 0.29) is 12.1 Å². The van der Waals surface area contributed by atoms with Gasteiger partial charge in [0.25, 0.3) is 6.02 Å². The normalized spacial score (nSPS) is 23.6. The lowest BCUT2D eigenvalue weighted by Gasteiger charge is -2.38. The van der Waals surface area contributed by atoms with Gasteiger partial charge in [0.15, 0.2) is 18.0 Å². The molecule has 0 amide bonds. The number of aryl methyl sites for hydroxylation is 1. The molecule has 3 N–H and O–H groups in total. The van der Waals surface area contributed by atoms with E-state index in [9.17, 15) is 13.2 Å². The first kappa shape index (κ1) is 17.4. The summed E-state index contributed by atoms with van der Waals surface area (Å²) in [5, 5.41) is 6.87. The van der Waals surface area contributed by atoms with Crippen LogP contribution in [0.4, 0.5) is 18.9 Å². The third-order valence-electron chi connectivity index (χ3n) is 4.70. The molecule has 0 fully saturated rings. The molecule has 0 radical (unpaired) electrons. The number of alkyl halides is 2. The van der Waals surface area contributed by atoms with Crippen molar-refractivity contribution in [2.24, 2.45) is 15.7 Å².